The van der Waals surface area contributed by atoms with Crippen molar-refractivity contribution < 1.29 is 14.3 Å². The lowest BCUT2D eigenvalue weighted by Crippen LogP contribution is -2.02. The lowest BCUT2D eigenvalue weighted by molar-refractivity contribution is 0.0697. The van der Waals surface area contributed by atoms with Gasteiger partial charge in [-0.05, 0) is 12.1 Å². The van der Waals surface area contributed by atoms with Crippen LogP contribution in [0.5, 0.6) is 0 Å². The van der Waals surface area contributed by atoms with E-state index in [-0.39, 0.29) is 28.3 Å². The smallest absolute Gasteiger partial charge is 0.336 e. The zero-order valence-electron chi connectivity index (χ0n) is 10.6. The Morgan fingerprint density at radius 3 is 2.52 bits per heavy atom. The molecule has 0 aliphatic heterocycles. The third-order valence-electron chi connectivity index (χ3n) is 2.87. The fourth-order valence-electron chi connectivity index (χ4n) is 1.88. The highest BCUT2D eigenvalue weighted by Gasteiger charge is 2.17. The van der Waals surface area contributed by atoms with E-state index >= 15 is 0 Å². The number of nitrogens with one attached hydrogen (secondary N) is 1. The second-order valence-electron chi connectivity index (χ2n) is 4.19. The molecular weight excluding hydrogens is 274 g/mol. The number of H-pyrrole nitrogens is 1. The Balaban J connectivity index is 2.10. The van der Waals surface area contributed by atoms with Gasteiger partial charge >= 0.3 is 5.97 Å². The predicted octanol–water partition coefficient (Wildman–Crippen LogP) is 1.79. The summed E-state index contributed by atoms with van der Waals surface area (Å²) in [5, 5.41) is 16.8. The molecule has 0 saturated heterocycles. The van der Waals surface area contributed by atoms with Crippen LogP contribution in [0.25, 0.3) is 22.9 Å². The van der Waals surface area contributed by atoms with E-state index < -0.39 is 5.97 Å². The highest BCUT2D eigenvalue weighted by Crippen LogP contribution is 2.24. The number of carboxylic acids is 1. The van der Waals surface area contributed by atoms with Gasteiger partial charge in [-0.25, -0.2) is 4.79 Å². The van der Waals surface area contributed by atoms with Crippen LogP contribution in [0.4, 0.5) is 0 Å². The van der Waals surface area contributed by atoms with Crippen LogP contribution in [0.3, 0.4) is 0 Å². The van der Waals surface area contributed by atoms with Crippen LogP contribution in [0.15, 0.2) is 51.9 Å². The maximum absolute atomic E-state index is 11.7. The van der Waals surface area contributed by atoms with Crippen LogP contribution in [-0.4, -0.2) is 26.3 Å². The Morgan fingerprint density at radius 1 is 1.10 bits per heavy atom. The topological polar surface area (TPSA) is 109 Å². The van der Waals surface area contributed by atoms with Crippen molar-refractivity contribution in [2.45, 2.75) is 0 Å². The van der Waals surface area contributed by atoms with Crippen molar-refractivity contribution in [1.29, 1.82) is 0 Å². The molecule has 0 saturated carbocycles. The minimum Gasteiger partial charge on any atom is -0.478 e. The number of carboxylic acid groups (broad SMARTS) is 1. The maximum atomic E-state index is 11.7. The molecule has 3 rings (SSSR count). The van der Waals surface area contributed by atoms with E-state index in [1.807, 2.05) is 0 Å². The molecule has 7 nitrogen and oxygen atoms in total. The van der Waals surface area contributed by atoms with Gasteiger partial charge in [-0.2, -0.15) is 0 Å². The van der Waals surface area contributed by atoms with E-state index in [0.29, 0.717) is 5.56 Å². The Hall–Kier alpha value is -3.22. The lowest BCUT2D eigenvalue weighted by Gasteiger charge is -2.00. The molecule has 7 heteroatoms. The molecule has 0 amide bonds. The molecule has 2 N–H and O–H groups in total. The first-order chi connectivity index (χ1) is 10.2. The minimum atomic E-state index is -1.09. The highest BCUT2D eigenvalue weighted by atomic mass is 16.4. The molecule has 0 fully saturated rings. The van der Waals surface area contributed by atoms with Crippen LogP contribution in [-0.2, 0) is 0 Å². The molecule has 2 aromatic heterocycles. The fraction of sp³-hybridized carbons (Fsp3) is 0. The minimum absolute atomic E-state index is 0.0343. The third kappa shape index (κ3) is 2.32. The van der Waals surface area contributed by atoms with Gasteiger partial charge in [0.25, 0.3) is 5.89 Å². The number of rotatable bonds is 3. The number of aromatic amines is 1. The molecule has 2 heterocycles. The Bertz CT molecular complexity index is 866. The van der Waals surface area contributed by atoms with Crippen LogP contribution >= 0.6 is 0 Å². The second-order valence-corrected chi connectivity index (χ2v) is 4.19. The average Bonchev–Trinajstić information content (AvgIpc) is 2.97. The number of carbonyl (C=O) groups is 1. The van der Waals surface area contributed by atoms with Crippen molar-refractivity contribution in [2.75, 3.05) is 0 Å². The summed E-state index contributed by atoms with van der Waals surface area (Å²) in [7, 11) is 0. The SMILES string of the molecule is O=C(O)c1ccccc1-c1nnc(-c2c[nH]ccc2=O)o1. The van der Waals surface area contributed by atoms with E-state index in [1.165, 1.54) is 24.5 Å². The quantitative estimate of drug-likeness (QED) is 0.758. The zero-order valence-corrected chi connectivity index (χ0v) is 10.6. The molecule has 104 valence electrons. The van der Waals surface area contributed by atoms with E-state index in [9.17, 15) is 9.59 Å². The average molecular weight is 283 g/mol. The summed E-state index contributed by atoms with van der Waals surface area (Å²) < 4.78 is 5.42. The molecule has 3 aromatic rings. The first-order valence-electron chi connectivity index (χ1n) is 6.00. The molecule has 0 spiro atoms. The van der Waals surface area contributed by atoms with Crippen molar-refractivity contribution in [3.63, 3.8) is 0 Å². The van der Waals surface area contributed by atoms with Crippen LogP contribution in [0, 0.1) is 0 Å². The second kappa shape index (κ2) is 5.04. The van der Waals surface area contributed by atoms with Crippen molar-refractivity contribution in [3.8, 4) is 22.9 Å². The van der Waals surface area contributed by atoms with Crippen LogP contribution in [0.2, 0.25) is 0 Å². The molecule has 0 radical (unpaired) electrons. The maximum Gasteiger partial charge on any atom is 0.336 e. The molecule has 0 aliphatic rings. The van der Waals surface area contributed by atoms with E-state index in [2.05, 4.69) is 15.2 Å². The van der Waals surface area contributed by atoms with Crippen LogP contribution in [0.1, 0.15) is 10.4 Å². The van der Waals surface area contributed by atoms with Crippen molar-refractivity contribution in [2.24, 2.45) is 0 Å². The largest absolute Gasteiger partial charge is 0.478 e. The number of aromatic carboxylic acids is 1. The zero-order chi connectivity index (χ0) is 14.8. The van der Waals surface area contributed by atoms with Crippen molar-refractivity contribution >= 4 is 5.97 Å². The van der Waals surface area contributed by atoms with E-state index in [1.54, 1.807) is 18.2 Å². The van der Waals surface area contributed by atoms with Gasteiger partial charge in [-0.3, -0.25) is 4.79 Å². The van der Waals surface area contributed by atoms with Gasteiger partial charge in [-0.1, -0.05) is 12.1 Å². The van der Waals surface area contributed by atoms with Gasteiger partial charge in [0.15, 0.2) is 5.43 Å². The summed E-state index contributed by atoms with van der Waals surface area (Å²) in [4.78, 5) is 25.6. The van der Waals surface area contributed by atoms with Gasteiger partial charge in [0, 0.05) is 18.5 Å². The summed E-state index contributed by atoms with van der Waals surface area (Å²) in [6.45, 7) is 0. The molecule has 0 atom stereocenters. The standard InChI is InChI=1S/C14H9N3O4/c18-11-5-6-15-7-10(11)13-17-16-12(21-13)8-3-1-2-4-9(8)14(19)20/h1-7H,(H,15,18)(H,19,20). The van der Waals surface area contributed by atoms with E-state index in [0.717, 1.165) is 0 Å². The number of aromatic nitrogens is 3. The monoisotopic (exact) mass is 283 g/mol. The molecule has 0 aliphatic carbocycles. The molecule has 0 unspecified atom stereocenters. The molecular formula is C14H9N3O4. The molecule has 0 bridgehead atoms. The fourth-order valence-corrected chi connectivity index (χ4v) is 1.88. The van der Waals surface area contributed by atoms with Crippen molar-refractivity contribution in [3.05, 3.63) is 58.5 Å². The Labute approximate surface area is 117 Å². The van der Waals surface area contributed by atoms with Gasteiger partial charge < -0.3 is 14.5 Å². The summed E-state index contributed by atoms with van der Waals surface area (Å²) >= 11 is 0. The predicted molar refractivity (Wildman–Crippen MR) is 72.8 cm³/mol. The lowest BCUT2D eigenvalue weighted by atomic mass is 10.1. The first-order valence-corrected chi connectivity index (χ1v) is 6.00. The summed E-state index contributed by atoms with van der Waals surface area (Å²) in [5.74, 6) is -1.01. The van der Waals surface area contributed by atoms with Gasteiger partial charge in [-0.15, -0.1) is 10.2 Å². The number of nitrogens with zero attached hydrogens (tertiary/aromatic N) is 2. The Morgan fingerprint density at radius 2 is 1.81 bits per heavy atom. The summed E-state index contributed by atoms with van der Waals surface area (Å²) in [5.41, 5.74) is 0.310. The third-order valence-corrected chi connectivity index (χ3v) is 2.87. The van der Waals surface area contributed by atoms with Gasteiger partial charge in [0.2, 0.25) is 5.89 Å². The Kier molecular flexibility index (Phi) is 3.07. The number of pyridine rings is 1. The van der Waals surface area contributed by atoms with Crippen LogP contribution < -0.4 is 5.43 Å². The number of hydrogen-bond acceptors (Lipinski definition) is 5. The van der Waals surface area contributed by atoms with E-state index in [4.69, 9.17) is 9.52 Å². The normalized spacial score (nSPS) is 10.5. The summed E-state index contributed by atoms with van der Waals surface area (Å²) in [6.07, 6.45) is 2.94. The first kappa shape index (κ1) is 12.8. The van der Waals surface area contributed by atoms with Crippen molar-refractivity contribution in [1.82, 2.24) is 15.2 Å². The summed E-state index contributed by atoms with van der Waals surface area (Å²) in [6, 6.07) is 7.62. The van der Waals surface area contributed by atoms with Gasteiger partial charge in [0.1, 0.15) is 5.56 Å². The molecule has 21 heavy (non-hydrogen) atoms. The van der Waals surface area contributed by atoms with Gasteiger partial charge in [0.05, 0.1) is 11.1 Å². The molecule has 1 aromatic carbocycles. The number of benzene rings is 1. The highest BCUT2D eigenvalue weighted by molar-refractivity contribution is 5.94. The number of hydrogen-bond donors (Lipinski definition) is 2.